The Balaban J connectivity index is 2.24. The van der Waals surface area contributed by atoms with Crippen LogP contribution < -0.4 is 5.73 Å². The van der Waals surface area contributed by atoms with Gasteiger partial charge in [-0.3, -0.25) is 0 Å². The summed E-state index contributed by atoms with van der Waals surface area (Å²) in [6.45, 7) is 0. The summed E-state index contributed by atoms with van der Waals surface area (Å²) in [4.78, 5) is 0. The predicted molar refractivity (Wildman–Crippen MR) is 64.0 cm³/mol. The molecule has 0 aliphatic carbocycles. The van der Waals surface area contributed by atoms with Crippen molar-refractivity contribution in [1.29, 1.82) is 0 Å². The zero-order valence-corrected chi connectivity index (χ0v) is 9.26. The Morgan fingerprint density at radius 3 is 2.67 bits per heavy atom. The van der Waals surface area contributed by atoms with Crippen molar-refractivity contribution in [1.82, 2.24) is 5.16 Å². The smallest absolute Gasteiger partial charge is 0.230 e. The fraction of sp³-hybridized carbons (Fsp3) is 0. The molecular weight excluding hydrogens is 235 g/mol. The van der Waals surface area contributed by atoms with Crippen LogP contribution in [0.2, 0.25) is 0 Å². The largest absolute Gasteiger partial charge is 0.463 e. The Morgan fingerprint density at radius 1 is 1.11 bits per heavy atom. The Labute approximate surface area is 102 Å². The number of nitrogens with two attached hydrogens (primary N) is 1. The van der Waals surface area contributed by atoms with Crippen molar-refractivity contribution >= 4 is 5.88 Å². The molecule has 0 saturated heterocycles. The fourth-order valence-electron chi connectivity index (χ4n) is 1.81. The second-order valence-electron chi connectivity index (χ2n) is 3.73. The maximum Gasteiger partial charge on any atom is 0.230 e. The molecule has 0 saturated carbocycles. The molecule has 0 aliphatic heterocycles. The van der Waals surface area contributed by atoms with Gasteiger partial charge in [-0.15, -0.1) is 0 Å². The van der Waals surface area contributed by atoms with E-state index in [9.17, 15) is 4.39 Å². The van der Waals surface area contributed by atoms with Crippen molar-refractivity contribution < 1.29 is 13.3 Å². The number of nitrogen functional groups attached to an aromatic ring is 1. The molecule has 2 N–H and O–H groups in total. The minimum Gasteiger partial charge on any atom is -0.463 e. The van der Waals surface area contributed by atoms with Gasteiger partial charge in [0, 0.05) is 5.56 Å². The third kappa shape index (κ3) is 1.57. The number of hydrogen-bond acceptors (Lipinski definition) is 4. The minimum absolute atomic E-state index is 0.0616. The van der Waals surface area contributed by atoms with Gasteiger partial charge in [-0.25, -0.2) is 4.39 Å². The van der Waals surface area contributed by atoms with Crippen LogP contribution in [0.3, 0.4) is 0 Å². The van der Waals surface area contributed by atoms with E-state index in [1.165, 1.54) is 12.3 Å². The van der Waals surface area contributed by atoms with Gasteiger partial charge in [0.2, 0.25) is 5.88 Å². The molecule has 2 heterocycles. The number of anilines is 1. The Hall–Kier alpha value is -2.56. The molecule has 5 heteroatoms. The van der Waals surface area contributed by atoms with Crippen molar-refractivity contribution in [2.24, 2.45) is 0 Å². The van der Waals surface area contributed by atoms with E-state index in [1.807, 2.05) is 0 Å². The van der Waals surface area contributed by atoms with Crippen LogP contribution >= 0.6 is 0 Å². The van der Waals surface area contributed by atoms with Gasteiger partial charge in [-0.05, 0) is 18.2 Å². The van der Waals surface area contributed by atoms with Crippen molar-refractivity contribution in [2.75, 3.05) is 5.73 Å². The first-order valence-electron chi connectivity index (χ1n) is 5.31. The SMILES string of the molecule is Nc1onc(-c2ccco2)c1-c1ccccc1F. The van der Waals surface area contributed by atoms with Crippen LogP contribution in [0.15, 0.2) is 51.6 Å². The lowest BCUT2D eigenvalue weighted by molar-refractivity contribution is 0.436. The van der Waals surface area contributed by atoms with E-state index >= 15 is 0 Å². The summed E-state index contributed by atoms with van der Waals surface area (Å²) in [6, 6.07) is 9.72. The summed E-state index contributed by atoms with van der Waals surface area (Å²) in [7, 11) is 0. The molecule has 0 bridgehead atoms. The number of benzene rings is 1. The highest BCUT2D eigenvalue weighted by molar-refractivity contribution is 5.85. The molecule has 0 spiro atoms. The van der Waals surface area contributed by atoms with Crippen molar-refractivity contribution in [3.8, 4) is 22.6 Å². The number of furan rings is 1. The molecule has 0 aliphatic rings. The third-order valence-electron chi connectivity index (χ3n) is 2.62. The Morgan fingerprint density at radius 2 is 1.94 bits per heavy atom. The van der Waals surface area contributed by atoms with Gasteiger partial charge in [0.15, 0.2) is 11.5 Å². The second kappa shape index (κ2) is 4.03. The summed E-state index contributed by atoms with van der Waals surface area (Å²) in [5.74, 6) is 0.153. The number of hydrogen-bond donors (Lipinski definition) is 1. The van der Waals surface area contributed by atoms with Gasteiger partial charge >= 0.3 is 0 Å². The van der Waals surface area contributed by atoms with E-state index in [0.717, 1.165) is 0 Å². The van der Waals surface area contributed by atoms with Gasteiger partial charge in [-0.1, -0.05) is 23.4 Å². The van der Waals surface area contributed by atoms with E-state index in [4.69, 9.17) is 14.7 Å². The molecule has 4 nitrogen and oxygen atoms in total. The molecule has 3 rings (SSSR count). The van der Waals surface area contributed by atoms with E-state index in [0.29, 0.717) is 22.6 Å². The second-order valence-corrected chi connectivity index (χ2v) is 3.73. The maximum absolute atomic E-state index is 13.8. The summed E-state index contributed by atoms with van der Waals surface area (Å²) in [5.41, 5.74) is 6.84. The normalized spacial score (nSPS) is 10.7. The average molecular weight is 244 g/mol. The van der Waals surface area contributed by atoms with Gasteiger partial charge in [0.05, 0.1) is 11.8 Å². The molecule has 90 valence electrons. The zero-order valence-electron chi connectivity index (χ0n) is 9.26. The molecule has 2 aromatic heterocycles. The number of nitrogens with zero attached hydrogens (tertiary/aromatic N) is 1. The van der Waals surface area contributed by atoms with E-state index in [2.05, 4.69) is 5.16 Å². The molecule has 0 atom stereocenters. The van der Waals surface area contributed by atoms with Crippen molar-refractivity contribution in [2.45, 2.75) is 0 Å². The van der Waals surface area contributed by atoms with Crippen molar-refractivity contribution in [3.63, 3.8) is 0 Å². The molecule has 0 amide bonds. The summed E-state index contributed by atoms with van der Waals surface area (Å²) in [5, 5.41) is 3.82. The summed E-state index contributed by atoms with van der Waals surface area (Å²) in [6.07, 6.45) is 1.51. The van der Waals surface area contributed by atoms with Crippen LogP contribution in [0.5, 0.6) is 0 Å². The van der Waals surface area contributed by atoms with Gasteiger partial charge in [-0.2, -0.15) is 0 Å². The van der Waals surface area contributed by atoms with Gasteiger partial charge in [0.1, 0.15) is 5.82 Å². The molecule has 0 unspecified atom stereocenters. The lowest BCUT2D eigenvalue weighted by atomic mass is 10.0. The summed E-state index contributed by atoms with van der Waals surface area (Å²) >= 11 is 0. The monoisotopic (exact) mass is 244 g/mol. The zero-order chi connectivity index (χ0) is 12.5. The first kappa shape index (κ1) is 10.6. The quantitative estimate of drug-likeness (QED) is 0.750. The first-order valence-corrected chi connectivity index (χ1v) is 5.31. The Kier molecular flexibility index (Phi) is 2.37. The molecule has 3 aromatic rings. The van der Waals surface area contributed by atoms with Crippen molar-refractivity contribution in [3.05, 3.63) is 48.5 Å². The van der Waals surface area contributed by atoms with Crippen LogP contribution in [0.4, 0.5) is 10.3 Å². The average Bonchev–Trinajstić information content (AvgIpc) is 2.99. The Bertz CT molecular complexity index is 674. The highest BCUT2D eigenvalue weighted by Gasteiger charge is 2.21. The highest BCUT2D eigenvalue weighted by atomic mass is 19.1. The van der Waals surface area contributed by atoms with Crippen LogP contribution in [0.25, 0.3) is 22.6 Å². The lowest BCUT2D eigenvalue weighted by Crippen LogP contribution is -1.90. The van der Waals surface area contributed by atoms with Crippen LogP contribution in [-0.4, -0.2) is 5.16 Å². The molecule has 0 fully saturated rings. The predicted octanol–water partition coefficient (Wildman–Crippen LogP) is 3.32. The van der Waals surface area contributed by atoms with Gasteiger partial charge in [0.25, 0.3) is 0 Å². The number of aromatic nitrogens is 1. The van der Waals surface area contributed by atoms with E-state index < -0.39 is 0 Å². The van der Waals surface area contributed by atoms with Crippen LogP contribution in [0.1, 0.15) is 0 Å². The van der Waals surface area contributed by atoms with E-state index in [1.54, 1.807) is 30.3 Å². The number of halogens is 1. The number of rotatable bonds is 2. The molecule has 1 aromatic carbocycles. The third-order valence-corrected chi connectivity index (χ3v) is 2.62. The lowest BCUT2D eigenvalue weighted by Gasteiger charge is -2.01. The van der Waals surface area contributed by atoms with Crippen LogP contribution in [-0.2, 0) is 0 Å². The molecule has 18 heavy (non-hydrogen) atoms. The minimum atomic E-state index is -0.389. The van der Waals surface area contributed by atoms with Crippen LogP contribution in [0, 0.1) is 5.82 Å². The first-order chi connectivity index (χ1) is 8.77. The maximum atomic E-state index is 13.8. The fourth-order valence-corrected chi connectivity index (χ4v) is 1.81. The standard InChI is InChI=1S/C13H9FN2O2/c14-9-5-2-1-4-8(9)11-12(16-18-13(11)15)10-6-3-7-17-10/h1-7H,15H2. The summed E-state index contributed by atoms with van der Waals surface area (Å²) < 4.78 is 24.0. The molecule has 0 radical (unpaired) electrons. The van der Waals surface area contributed by atoms with E-state index in [-0.39, 0.29) is 11.7 Å². The topological polar surface area (TPSA) is 65.2 Å². The highest BCUT2D eigenvalue weighted by Crippen LogP contribution is 2.37. The van der Waals surface area contributed by atoms with Gasteiger partial charge < -0.3 is 14.7 Å². The molecular formula is C13H9FN2O2.